The van der Waals surface area contributed by atoms with Crippen molar-refractivity contribution in [2.75, 3.05) is 19.8 Å². The molecule has 0 aromatic carbocycles. The number of hydrogen-bond donors (Lipinski definition) is 3. The number of carbonyl (C=O) groups excluding carboxylic acids is 1. The van der Waals surface area contributed by atoms with Crippen molar-refractivity contribution < 1.29 is 14.3 Å². The van der Waals surface area contributed by atoms with Crippen LogP contribution in [0, 0.1) is 0 Å². The van der Waals surface area contributed by atoms with Crippen LogP contribution in [0.25, 0.3) is 0 Å². The van der Waals surface area contributed by atoms with Crippen molar-refractivity contribution in [2.24, 2.45) is 0 Å². The molecule has 116 valence electrons. The van der Waals surface area contributed by atoms with Gasteiger partial charge in [-0.25, -0.2) is 4.79 Å². The lowest BCUT2D eigenvalue weighted by Crippen LogP contribution is -2.33. The summed E-state index contributed by atoms with van der Waals surface area (Å²) in [6, 6.07) is 0. The molecule has 2 heterocycles. The first-order chi connectivity index (χ1) is 10.1. The Kier molecular flexibility index (Phi) is 5.70. The van der Waals surface area contributed by atoms with Crippen molar-refractivity contribution in [3.05, 3.63) is 32.6 Å². The fourth-order valence-corrected chi connectivity index (χ4v) is 2.04. The number of aromatic amines is 2. The number of ether oxygens (including phenoxy) is 2. The monoisotopic (exact) mass is 297 g/mol. The number of aromatic nitrogens is 2. The molecule has 1 aromatic heterocycles. The number of H-pyrrole nitrogens is 2. The van der Waals surface area contributed by atoms with Crippen LogP contribution in [0.4, 0.5) is 0 Å². The SMILES string of the molecule is O=C(COC[C@H]1CCCCO1)NCc1c[nH]c(=O)[nH]c1=O. The second-order valence-corrected chi connectivity index (χ2v) is 4.88. The molecule has 0 unspecified atom stereocenters. The second-order valence-electron chi connectivity index (χ2n) is 4.88. The topological polar surface area (TPSA) is 113 Å². The fourth-order valence-electron chi connectivity index (χ4n) is 2.04. The lowest BCUT2D eigenvalue weighted by Gasteiger charge is -2.22. The molecule has 0 radical (unpaired) electrons. The van der Waals surface area contributed by atoms with E-state index in [2.05, 4.69) is 15.3 Å². The molecule has 1 atom stereocenters. The Labute approximate surface area is 120 Å². The molecule has 3 N–H and O–H groups in total. The Bertz CT molecular complexity index is 574. The summed E-state index contributed by atoms with van der Waals surface area (Å²) >= 11 is 0. The van der Waals surface area contributed by atoms with Crippen LogP contribution in [0.5, 0.6) is 0 Å². The average Bonchev–Trinajstić information content (AvgIpc) is 2.47. The zero-order chi connectivity index (χ0) is 15.1. The first kappa shape index (κ1) is 15.5. The molecule has 1 fully saturated rings. The van der Waals surface area contributed by atoms with Crippen molar-refractivity contribution in [3.63, 3.8) is 0 Å². The van der Waals surface area contributed by atoms with Crippen LogP contribution in [0.15, 0.2) is 15.8 Å². The number of amides is 1. The van der Waals surface area contributed by atoms with Gasteiger partial charge in [0, 0.05) is 19.3 Å². The molecule has 0 saturated carbocycles. The molecule has 1 aliphatic heterocycles. The van der Waals surface area contributed by atoms with Gasteiger partial charge in [0.15, 0.2) is 0 Å². The molecule has 8 heteroatoms. The Morgan fingerprint density at radius 3 is 3.00 bits per heavy atom. The highest BCUT2D eigenvalue weighted by Gasteiger charge is 2.14. The fraction of sp³-hybridized carbons (Fsp3) is 0.615. The third kappa shape index (κ3) is 5.16. The quantitative estimate of drug-likeness (QED) is 0.640. The van der Waals surface area contributed by atoms with Crippen molar-refractivity contribution in [1.29, 1.82) is 0 Å². The Hall–Kier alpha value is -1.93. The molecule has 8 nitrogen and oxygen atoms in total. The summed E-state index contributed by atoms with van der Waals surface area (Å²) in [5.41, 5.74) is -0.819. The van der Waals surface area contributed by atoms with E-state index >= 15 is 0 Å². The molecule has 0 aliphatic carbocycles. The molecule has 0 spiro atoms. The third-order valence-electron chi connectivity index (χ3n) is 3.18. The first-order valence-electron chi connectivity index (χ1n) is 6.92. The average molecular weight is 297 g/mol. The predicted molar refractivity (Wildman–Crippen MR) is 73.9 cm³/mol. The van der Waals surface area contributed by atoms with E-state index < -0.39 is 11.2 Å². The van der Waals surface area contributed by atoms with Gasteiger partial charge in [-0.1, -0.05) is 0 Å². The molecule has 2 rings (SSSR count). The van der Waals surface area contributed by atoms with E-state index in [1.807, 2.05) is 0 Å². The van der Waals surface area contributed by atoms with E-state index in [-0.39, 0.29) is 30.7 Å². The van der Waals surface area contributed by atoms with Gasteiger partial charge in [-0.3, -0.25) is 14.6 Å². The Morgan fingerprint density at radius 1 is 1.43 bits per heavy atom. The second kappa shape index (κ2) is 7.75. The van der Waals surface area contributed by atoms with Crippen LogP contribution in [0.2, 0.25) is 0 Å². The van der Waals surface area contributed by atoms with Crippen LogP contribution in [0.3, 0.4) is 0 Å². The summed E-state index contributed by atoms with van der Waals surface area (Å²) < 4.78 is 10.8. The van der Waals surface area contributed by atoms with Gasteiger partial charge >= 0.3 is 5.69 Å². The highest BCUT2D eigenvalue weighted by Crippen LogP contribution is 2.12. The maximum Gasteiger partial charge on any atom is 0.325 e. The van der Waals surface area contributed by atoms with Crippen molar-refractivity contribution in [3.8, 4) is 0 Å². The van der Waals surface area contributed by atoms with E-state index in [0.717, 1.165) is 25.9 Å². The predicted octanol–water partition coefficient (Wildman–Crippen LogP) is -0.735. The van der Waals surface area contributed by atoms with Gasteiger partial charge in [0.1, 0.15) is 6.61 Å². The van der Waals surface area contributed by atoms with Crippen molar-refractivity contribution in [1.82, 2.24) is 15.3 Å². The van der Waals surface area contributed by atoms with Gasteiger partial charge in [0.25, 0.3) is 5.56 Å². The smallest absolute Gasteiger partial charge is 0.325 e. The van der Waals surface area contributed by atoms with Crippen LogP contribution >= 0.6 is 0 Å². The minimum atomic E-state index is -0.578. The Balaban J connectivity index is 1.67. The highest BCUT2D eigenvalue weighted by atomic mass is 16.5. The minimum absolute atomic E-state index is 0.0359. The van der Waals surface area contributed by atoms with E-state index in [1.54, 1.807) is 0 Å². The van der Waals surface area contributed by atoms with Gasteiger partial charge in [-0.2, -0.15) is 0 Å². The summed E-state index contributed by atoms with van der Waals surface area (Å²) in [6.45, 7) is 1.09. The van der Waals surface area contributed by atoms with Gasteiger partial charge in [0.2, 0.25) is 5.91 Å². The van der Waals surface area contributed by atoms with E-state index in [0.29, 0.717) is 6.61 Å². The number of hydrogen-bond acceptors (Lipinski definition) is 5. The van der Waals surface area contributed by atoms with Gasteiger partial charge in [-0.05, 0) is 19.3 Å². The molecule has 1 aromatic rings. The standard InChI is InChI=1S/C13H19N3O5/c17-11(8-20-7-10-3-1-2-4-21-10)14-5-9-6-15-13(19)16-12(9)18/h6,10H,1-5,7-8H2,(H,14,17)(H2,15,16,18,19)/t10-/m1/s1. The molecular formula is C13H19N3O5. The van der Waals surface area contributed by atoms with E-state index in [1.165, 1.54) is 6.20 Å². The van der Waals surface area contributed by atoms with E-state index in [4.69, 9.17) is 9.47 Å². The molecular weight excluding hydrogens is 278 g/mol. The maximum atomic E-state index is 11.6. The van der Waals surface area contributed by atoms with E-state index in [9.17, 15) is 14.4 Å². The van der Waals surface area contributed by atoms with Gasteiger partial charge in [0.05, 0.1) is 18.3 Å². The zero-order valence-corrected chi connectivity index (χ0v) is 11.6. The molecule has 21 heavy (non-hydrogen) atoms. The first-order valence-corrected chi connectivity index (χ1v) is 6.92. The Morgan fingerprint density at radius 2 is 2.29 bits per heavy atom. The summed E-state index contributed by atoms with van der Waals surface area (Å²) in [7, 11) is 0. The highest BCUT2D eigenvalue weighted by molar-refractivity contribution is 5.77. The lowest BCUT2D eigenvalue weighted by atomic mass is 10.1. The van der Waals surface area contributed by atoms with Crippen LogP contribution in [-0.4, -0.2) is 41.8 Å². The summed E-state index contributed by atoms with van der Waals surface area (Å²) in [6.07, 6.45) is 4.49. The minimum Gasteiger partial charge on any atom is -0.376 e. The largest absolute Gasteiger partial charge is 0.376 e. The van der Waals surface area contributed by atoms with Gasteiger partial charge < -0.3 is 19.8 Å². The van der Waals surface area contributed by atoms with Crippen molar-refractivity contribution in [2.45, 2.75) is 31.9 Å². The maximum absolute atomic E-state index is 11.6. The number of rotatable bonds is 6. The molecule has 1 aliphatic rings. The van der Waals surface area contributed by atoms with Crippen LogP contribution in [-0.2, 0) is 20.8 Å². The summed E-state index contributed by atoms with van der Waals surface area (Å²) in [5, 5.41) is 2.55. The van der Waals surface area contributed by atoms with Crippen LogP contribution in [0.1, 0.15) is 24.8 Å². The third-order valence-corrected chi connectivity index (χ3v) is 3.18. The molecule has 1 saturated heterocycles. The molecule has 0 bridgehead atoms. The van der Waals surface area contributed by atoms with Crippen LogP contribution < -0.4 is 16.6 Å². The van der Waals surface area contributed by atoms with Crippen molar-refractivity contribution >= 4 is 5.91 Å². The summed E-state index contributed by atoms with van der Waals surface area (Å²) in [5.74, 6) is -0.323. The van der Waals surface area contributed by atoms with Gasteiger partial charge in [-0.15, -0.1) is 0 Å². The zero-order valence-electron chi connectivity index (χ0n) is 11.6. The summed E-state index contributed by atoms with van der Waals surface area (Å²) in [4.78, 5) is 38.2. The molecule has 1 amide bonds. The number of carbonyl (C=O) groups is 1. The normalized spacial score (nSPS) is 18.4. The lowest BCUT2D eigenvalue weighted by molar-refractivity contribution is -0.128. The number of nitrogens with one attached hydrogen (secondary N) is 3.